The molecule has 0 radical (unpaired) electrons. The first kappa shape index (κ1) is 14.8. The van der Waals surface area contributed by atoms with Crippen molar-refractivity contribution in [2.24, 2.45) is 0 Å². The van der Waals surface area contributed by atoms with Crippen LogP contribution in [-0.2, 0) is 0 Å². The number of pyridine rings is 2. The zero-order valence-electron chi connectivity index (χ0n) is 14.7. The molecule has 0 aliphatic heterocycles. The van der Waals surface area contributed by atoms with E-state index in [2.05, 4.69) is 97.4 Å². The molecule has 4 rings (SSSR count). The first-order chi connectivity index (χ1) is 11.6. The van der Waals surface area contributed by atoms with Gasteiger partial charge in [0.05, 0.1) is 0 Å². The third-order valence-electron chi connectivity index (χ3n) is 5.30. The monoisotopic (exact) mass is 314 g/mol. The van der Waals surface area contributed by atoms with E-state index in [1.165, 1.54) is 44.7 Å². The molecule has 0 saturated carbocycles. The highest BCUT2D eigenvalue weighted by molar-refractivity contribution is 5.78. The SMILES string of the molecule is Cc1c(C)c2ccccn2c1/C=C/c1c(C)c(C)c2ccccn12. The summed E-state index contributed by atoms with van der Waals surface area (Å²) in [6, 6.07) is 12.7. The van der Waals surface area contributed by atoms with Gasteiger partial charge in [-0.3, -0.25) is 0 Å². The molecule has 0 N–H and O–H groups in total. The summed E-state index contributed by atoms with van der Waals surface area (Å²) < 4.78 is 4.55. The molecule has 0 fully saturated rings. The summed E-state index contributed by atoms with van der Waals surface area (Å²) in [5.74, 6) is 0. The fraction of sp³-hybridized carbons (Fsp3) is 0.182. The van der Waals surface area contributed by atoms with E-state index in [4.69, 9.17) is 0 Å². The van der Waals surface area contributed by atoms with Crippen molar-refractivity contribution in [2.45, 2.75) is 27.7 Å². The average Bonchev–Trinajstić information content (AvgIpc) is 3.00. The standard InChI is InChI=1S/C22H22N2/c1-15-17(3)21(23-13-7-5-9-19(15)23)11-12-22-18(4)16(2)20-10-6-8-14-24(20)22/h5-14H,1-4H3/b12-11+. The highest BCUT2D eigenvalue weighted by Crippen LogP contribution is 2.27. The Hall–Kier alpha value is -2.74. The van der Waals surface area contributed by atoms with Crippen LogP contribution in [0.3, 0.4) is 0 Å². The Morgan fingerprint density at radius 1 is 0.583 bits per heavy atom. The van der Waals surface area contributed by atoms with Gasteiger partial charge in [0.2, 0.25) is 0 Å². The second-order valence-corrected chi connectivity index (χ2v) is 6.52. The van der Waals surface area contributed by atoms with Crippen molar-refractivity contribution in [1.82, 2.24) is 8.80 Å². The molecule has 0 aliphatic rings. The van der Waals surface area contributed by atoms with Gasteiger partial charge in [0.15, 0.2) is 0 Å². The van der Waals surface area contributed by atoms with Crippen molar-refractivity contribution in [2.75, 3.05) is 0 Å². The quantitative estimate of drug-likeness (QED) is 0.455. The van der Waals surface area contributed by atoms with Crippen LogP contribution < -0.4 is 0 Å². The summed E-state index contributed by atoms with van der Waals surface area (Å²) in [7, 11) is 0. The molecule has 0 aliphatic carbocycles. The van der Waals surface area contributed by atoms with Gasteiger partial charge >= 0.3 is 0 Å². The van der Waals surface area contributed by atoms with Gasteiger partial charge in [-0.05, 0) is 86.4 Å². The lowest BCUT2D eigenvalue weighted by Gasteiger charge is -2.01. The van der Waals surface area contributed by atoms with Gasteiger partial charge in [-0.1, -0.05) is 12.1 Å². The number of nitrogens with zero attached hydrogens (tertiary/aromatic N) is 2. The number of aromatic nitrogens is 2. The Labute approximate surface area is 142 Å². The third-order valence-corrected chi connectivity index (χ3v) is 5.30. The lowest BCUT2D eigenvalue weighted by molar-refractivity contribution is 1.15. The van der Waals surface area contributed by atoms with E-state index in [-0.39, 0.29) is 0 Å². The summed E-state index contributed by atoms with van der Waals surface area (Å²) in [6.45, 7) is 8.81. The lowest BCUT2D eigenvalue weighted by Crippen LogP contribution is -1.89. The van der Waals surface area contributed by atoms with Crippen molar-refractivity contribution in [3.05, 3.63) is 82.4 Å². The van der Waals surface area contributed by atoms with Crippen LogP contribution in [0.25, 0.3) is 23.2 Å². The highest BCUT2D eigenvalue weighted by Gasteiger charge is 2.11. The predicted molar refractivity (Wildman–Crippen MR) is 103 cm³/mol. The van der Waals surface area contributed by atoms with Crippen LogP contribution in [0, 0.1) is 27.7 Å². The molecular weight excluding hydrogens is 292 g/mol. The summed E-state index contributed by atoms with van der Waals surface area (Å²) in [5, 5.41) is 0. The maximum atomic E-state index is 2.28. The largest absolute Gasteiger partial charge is 0.317 e. The lowest BCUT2D eigenvalue weighted by atomic mass is 10.1. The van der Waals surface area contributed by atoms with Crippen LogP contribution in [0.5, 0.6) is 0 Å². The number of rotatable bonds is 2. The first-order valence-electron chi connectivity index (χ1n) is 8.40. The molecule has 24 heavy (non-hydrogen) atoms. The number of hydrogen-bond acceptors (Lipinski definition) is 0. The maximum absolute atomic E-state index is 2.28. The van der Waals surface area contributed by atoms with Crippen molar-refractivity contribution < 1.29 is 0 Å². The molecule has 0 bridgehead atoms. The summed E-state index contributed by atoms with van der Waals surface area (Å²) in [6.07, 6.45) is 8.78. The van der Waals surface area contributed by atoms with Crippen LogP contribution in [0.4, 0.5) is 0 Å². The Bertz CT molecular complexity index is 1000. The Morgan fingerprint density at radius 2 is 1.00 bits per heavy atom. The van der Waals surface area contributed by atoms with E-state index in [1.807, 2.05) is 0 Å². The molecule has 0 atom stereocenters. The van der Waals surface area contributed by atoms with Gasteiger partial charge < -0.3 is 8.80 Å². The summed E-state index contributed by atoms with van der Waals surface area (Å²) in [4.78, 5) is 0. The highest BCUT2D eigenvalue weighted by atomic mass is 14.9. The van der Waals surface area contributed by atoms with Gasteiger partial charge in [-0.25, -0.2) is 0 Å². The smallest absolute Gasteiger partial charge is 0.0488 e. The summed E-state index contributed by atoms with van der Waals surface area (Å²) in [5.41, 5.74) is 10.5. The third kappa shape index (κ3) is 2.03. The maximum Gasteiger partial charge on any atom is 0.0488 e. The zero-order valence-corrected chi connectivity index (χ0v) is 14.7. The average molecular weight is 314 g/mol. The molecule has 4 aromatic heterocycles. The summed E-state index contributed by atoms with van der Waals surface area (Å²) >= 11 is 0. The molecule has 120 valence electrons. The van der Waals surface area contributed by atoms with Gasteiger partial charge in [-0.15, -0.1) is 0 Å². The van der Waals surface area contributed by atoms with Gasteiger partial charge in [0.25, 0.3) is 0 Å². The second kappa shape index (κ2) is 5.41. The molecule has 0 saturated heterocycles. The fourth-order valence-corrected chi connectivity index (χ4v) is 3.62. The van der Waals surface area contributed by atoms with E-state index in [0.29, 0.717) is 0 Å². The van der Waals surface area contributed by atoms with Crippen LogP contribution >= 0.6 is 0 Å². The topological polar surface area (TPSA) is 8.82 Å². The van der Waals surface area contributed by atoms with Crippen molar-refractivity contribution in [3.8, 4) is 0 Å². The zero-order chi connectivity index (χ0) is 16.8. The number of fused-ring (bicyclic) bond motifs is 2. The normalized spacial score (nSPS) is 12.0. The predicted octanol–water partition coefficient (Wildman–Crippen LogP) is 5.60. The van der Waals surface area contributed by atoms with Crippen molar-refractivity contribution in [3.63, 3.8) is 0 Å². The molecule has 0 spiro atoms. The second-order valence-electron chi connectivity index (χ2n) is 6.52. The molecular formula is C22H22N2. The van der Waals surface area contributed by atoms with Crippen LogP contribution in [0.15, 0.2) is 48.8 Å². The molecule has 0 aromatic carbocycles. The fourth-order valence-electron chi connectivity index (χ4n) is 3.62. The van der Waals surface area contributed by atoms with Gasteiger partial charge in [0, 0.05) is 34.8 Å². The Kier molecular flexibility index (Phi) is 3.34. The van der Waals surface area contributed by atoms with Crippen LogP contribution in [0.1, 0.15) is 33.6 Å². The minimum absolute atomic E-state index is 1.26. The van der Waals surface area contributed by atoms with E-state index >= 15 is 0 Å². The number of hydrogen-bond donors (Lipinski definition) is 0. The van der Waals surface area contributed by atoms with E-state index in [0.717, 1.165) is 0 Å². The minimum Gasteiger partial charge on any atom is -0.317 e. The minimum atomic E-state index is 1.26. The van der Waals surface area contributed by atoms with E-state index in [9.17, 15) is 0 Å². The number of aryl methyl sites for hydroxylation is 2. The molecule has 2 nitrogen and oxygen atoms in total. The molecule has 4 aromatic rings. The van der Waals surface area contributed by atoms with E-state index < -0.39 is 0 Å². The Morgan fingerprint density at radius 3 is 1.42 bits per heavy atom. The molecule has 2 heteroatoms. The molecule has 0 unspecified atom stereocenters. The van der Waals surface area contributed by atoms with Crippen LogP contribution in [-0.4, -0.2) is 8.80 Å². The first-order valence-corrected chi connectivity index (χ1v) is 8.40. The molecule has 4 heterocycles. The van der Waals surface area contributed by atoms with E-state index in [1.54, 1.807) is 0 Å². The molecule has 0 amide bonds. The van der Waals surface area contributed by atoms with Crippen molar-refractivity contribution in [1.29, 1.82) is 0 Å². The van der Waals surface area contributed by atoms with Crippen LogP contribution in [0.2, 0.25) is 0 Å². The van der Waals surface area contributed by atoms with Gasteiger partial charge in [0.1, 0.15) is 0 Å². The van der Waals surface area contributed by atoms with Gasteiger partial charge in [-0.2, -0.15) is 0 Å². The Balaban J connectivity index is 1.91. The van der Waals surface area contributed by atoms with Crippen molar-refractivity contribution >= 4 is 23.2 Å².